The highest BCUT2D eigenvalue weighted by Crippen LogP contribution is 2.26. The van der Waals surface area contributed by atoms with Crippen molar-refractivity contribution in [2.75, 3.05) is 13.2 Å². The molecule has 4 rings (SSSR count). The molecular weight excluding hydrogens is 290 g/mol. The second-order valence-corrected chi connectivity index (χ2v) is 6.47. The van der Waals surface area contributed by atoms with E-state index in [1.165, 1.54) is 11.1 Å². The number of nitrogens with one attached hydrogen (secondary N) is 2. The van der Waals surface area contributed by atoms with E-state index in [1.807, 2.05) is 24.4 Å². The second kappa shape index (κ2) is 6.16. The third kappa shape index (κ3) is 3.01. The lowest BCUT2D eigenvalue weighted by Gasteiger charge is -2.23. The molecule has 120 valence electrons. The lowest BCUT2D eigenvalue weighted by molar-refractivity contribution is 0.0933. The zero-order valence-corrected chi connectivity index (χ0v) is 13.0. The summed E-state index contributed by atoms with van der Waals surface area (Å²) in [6, 6.07) is 8.14. The fourth-order valence-electron chi connectivity index (χ4n) is 3.53. The normalized spacial score (nSPS) is 23.5. The summed E-state index contributed by atoms with van der Waals surface area (Å²) in [6.07, 6.45) is 5.69. The highest BCUT2D eigenvalue weighted by atomic mass is 16.5. The maximum absolute atomic E-state index is 12.6. The molecule has 5 heteroatoms. The quantitative estimate of drug-likeness (QED) is 0.913. The molecule has 0 saturated carbocycles. The van der Waals surface area contributed by atoms with Crippen molar-refractivity contribution in [2.45, 2.75) is 37.6 Å². The molecule has 2 aliphatic rings. The summed E-state index contributed by atoms with van der Waals surface area (Å²) in [6.45, 7) is 1.58. The van der Waals surface area contributed by atoms with Crippen molar-refractivity contribution < 1.29 is 9.53 Å². The van der Waals surface area contributed by atoms with E-state index in [0.29, 0.717) is 5.92 Å². The van der Waals surface area contributed by atoms with Crippen molar-refractivity contribution in [3.05, 3.63) is 52.8 Å². The number of rotatable bonds is 3. The van der Waals surface area contributed by atoms with E-state index in [-0.39, 0.29) is 11.9 Å². The van der Waals surface area contributed by atoms with Crippen LogP contribution in [0.4, 0.5) is 0 Å². The molecule has 1 aliphatic heterocycles. The number of hydrogen-bond donors (Lipinski definition) is 2. The van der Waals surface area contributed by atoms with Crippen LogP contribution in [-0.4, -0.2) is 35.4 Å². The Balaban J connectivity index is 1.44. The summed E-state index contributed by atoms with van der Waals surface area (Å²) in [5, 5.41) is 10.3. The average molecular weight is 311 g/mol. The van der Waals surface area contributed by atoms with Gasteiger partial charge in [0, 0.05) is 36.2 Å². The first-order valence-electron chi connectivity index (χ1n) is 8.29. The number of carbonyl (C=O) groups excluding carboxylic acids is 1. The molecular formula is C18H21N3O2. The molecule has 1 saturated heterocycles. The van der Waals surface area contributed by atoms with Crippen molar-refractivity contribution in [2.24, 2.45) is 0 Å². The van der Waals surface area contributed by atoms with E-state index in [2.05, 4.69) is 21.6 Å². The van der Waals surface area contributed by atoms with E-state index >= 15 is 0 Å². The highest BCUT2D eigenvalue weighted by Gasteiger charge is 2.23. The van der Waals surface area contributed by atoms with Crippen LogP contribution in [0.15, 0.2) is 30.5 Å². The number of nitrogens with zero attached hydrogens (tertiary/aromatic N) is 1. The molecule has 2 unspecified atom stereocenters. The standard InChI is InChI=1S/C18H21N3O2/c22-18(20-16-5-4-14-10-19-21-17(14)9-16)13-3-1-2-12(8-13)15-6-7-23-11-15/h1-3,8,10,15-16H,4-7,9,11H2,(H,19,21)(H,20,22). The molecule has 1 amide bonds. The monoisotopic (exact) mass is 311 g/mol. The largest absolute Gasteiger partial charge is 0.381 e. The Morgan fingerprint density at radius 1 is 1.35 bits per heavy atom. The van der Waals surface area contributed by atoms with Crippen LogP contribution >= 0.6 is 0 Å². The Labute approximate surface area is 135 Å². The van der Waals surface area contributed by atoms with Crippen molar-refractivity contribution >= 4 is 5.91 Å². The maximum Gasteiger partial charge on any atom is 0.251 e. The summed E-state index contributed by atoms with van der Waals surface area (Å²) < 4.78 is 5.45. The first kappa shape index (κ1) is 14.5. The minimum atomic E-state index is 0.0127. The first-order valence-corrected chi connectivity index (χ1v) is 8.29. The zero-order valence-electron chi connectivity index (χ0n) is 13.0. The van der Waals surface area contributed by atoms with Gasteiger partial charge in [-0.3, -0.25) is 9.89 Å². The van der Waals surface area contributed by atoms with Gasteiger partial charge < -0.3 is 10.1 Å². The van der Waals surface area contributed by atoms with Crippen LogP contribution in [0.2, 0.25) is 0 Å². The van der Waals surface area contributed by atoms with Crippen LogP contribution in [0.5, 0.6) is 0 Å². The Bertz CT molecular complexity index is 704. The third-order valence-corrected chi connectivity index (χ3v) is 4.91. The summed E-state index contributed by atoms with van der Waals surface area (Å²) in [5.74, 6) is 0.434. The molecule has 1 fully saturated rings. The fraction of sp³-hybridized carbons (Fsp3) is 0.444. The van der Waals surface area contributed by atoms with E-state index in [4.69, 9.17) is 4.74 Å². The number of aromatic amines is 1. The fourth-order valence-corrected chi connectivity index (χ4v) is 3.53. The van der Waals surface area contributed by atoms with Crippen LogP contribution < -0.4 is 5.32 Å². The molecule has 2 heterocycles. The van der Waals surface area contributed by atoms with Crippen molar-refractivity contribution in [3.63, 3.8) is 0 Å². The van der Waals surface area contributed by atoms with E-state index in [0.717, 1.165) is 50.2 Å². The van der Waals surface area contributed by atoms with Crippen molar-refractivity contribution in [1.29, 1.82) is 0 Å². The molecule has 1 aromatic carbocycles. The summed E-state index contributed by atoms with van der Waals surface area (Å²) in [7, 11) is 0. The Hall–Kier alpha value is -2.14. The van der Waals surface area contributed by atoms with Gasteiger partial charge in [0.15, 0.2) is 0 Å². The number of amides is 1. The van der Waals surface area contributed by atoms with Crippen molar-refractivity contribution in [1.82, 2.24) is 15.5 Å². The smallest absolute Gasteiger partial charge is 0.251 e. The highest BCUT2D eigenvalue weighted by molar-refractivity contribution is 5.94. The molecule has 2 N–H and O–H groups in total. The number of ether oxygens (including phenoxy) is 1. The average Bonchev–Trinajstić information content (AvgIpc) is 3.26. The van der Waals surface area contributed by atoms with Gasteiger partial charge in [-0.2, -0.15) is 5.10 Å². The lowest BCUT2D eigenvalue weighted by atomic mass is 9.93. The number of H-pyrrole nitrogens is 1. The summed E-state index contributed by atoms with van der Waals surface area (Å²) in [5.41, 5.74) is 4.37. The molecule has 2 atom stereocenters. The molecule has 0 bridgehead atoms. The van der Waals surface area contributed by atoms with Gasteiger partial charge in [0.2, 0.25) is 0 Å². The van der Waals surface area contributed by atoms with Gasteiger partial charge >= 0.3 is 0 Å². The molecule has 2 aromatic rings. The Kier molecular flexibility index (Phi) is 3.87. The molecule has 1 aromatic heterocycles. The van der Waals surface area contributed by atoms with Crippen molar-refractivity contribution in [3.8, 4) is 0 Å². The number of aryl methyl sites for hydroxylation is 1. The predicted molar refractivity (Wildman–Crippen MR) is 86.5 cm³/mol. The summed E-state index contributed by atoms with van der Waals surface area (Å²) in [4.78, 5) is 12.6. The van der Waals surface area contributed by atoms with Crippen LogP contribution in [-0.2, 0) is 17.6 Å². The van der Waals surface area contributed by atoms with Crippen LogP contribution in [0.25, 0.3) is 0 Å². The number of fused-ring (bicyclic) bond motifs is 1. The van der Waals surface area contributed by atoms with Gasteiger partial charge in [0.1, 0.15) is 0 Å². The topological polar surface area (TPSA) is 67.0 Å². The van der Waals surface area contributed by atoms with Gasteiger partial charge in [-0.25, -0.2) is 0 Å². The maximum atomic E-state index is 12.6. The first-order chi connectivity index (χ1) is 11.3. The molecule has 0 spiro atoms. The van der Waals surface area contributed by atoms with Gasteiger partial charge in [-0.05, 0) is 42.5 Å². The Morgan fingerprint density at radius 3 is 3.17 bits per heavy atom. The minimum Gasteiger partial charge on any atom is -0.381 e. The second-order valence-electron chi connectivity index (χ2n) is 6.47. The van der Waals surface area contributed by atoms with E-state index < -0.39 is 0 Å². The molecule has 23 heavy (non-hydrogen) atoms. The van der Waals surface area contributed by atoms with E-state index in [9.17, 15) is 4.79 Å². The lowest BCUT2D eigenvalue weighted by Crippen LogP contribution is -2.38. The van der Waals surface area contributed by atoms with Gasteiger partial charge in [-0.1, -0.05) is 12.1 Å². The third-order valence-electron chi connectivity index (χ3n) is 4.91. The number of carbonyl (C=O) groups is 1. The molecule has 5 nitrogen and oxygen atoms in total. The van der Waals surface area contributed by atoms with E-state index in [1.54, 1.807) is 0 Å². The molecule has 0 radical (unpaired) electrons. The number of hydrogen-bond acceptors (Lipinski definition) is 3. The van der Waals surface area contributed by atoms with Crippen LogP contribution in [0.3, 0.4) is 0 Å². The SMILES string of the molecule is O=C(NC1CCc2cn[nH]c2C1)c1cccc(C2CCOC2)c1. The number of benzene rings is 1. The van der Waals surface area contributed by atoms with Crippen LogP contribution in [0.1, 0.15) is 45.9 Å². The molecule has 1 aliphatic carbocycles. The summed E-state index contributed by atoms with van der Waals surface area (Å²) >= 11 is 0. The zero-order chi connectivity index (χ0) is 15.6. The predicted octanol–water partition coefficient (Wildman–Crippen LogP) is 2.20. The van der Waals surface area contributed by atoms with Gasteiger partial charge in [0.25, 0.3) is 5.91 Å². The van der Waals surface area contributed by atoms with Gasteiger partial charge in [0.05, 0.1) is 12.8 Å². The minimum absolute atomic E-state index is 0.0127. The van der Waals surface area contributed by atoms with Gasteiger partial charge in [-0.15, -0.1) is 0 Å². The van der Waals surface area contributed by atoms with Crippen LogP contribution in [0, 0.1) is 0 Å². The number of aromatic nitrogens is 2. The Morgan fingerprint density at radius 2 is 2.30 bits per heavy atom.